The van der Waals surface area contributed by atoms with Gasteiger partial charge in [-0.2, -0.15) is 0 Å². The number of fused-ring (bicyclic) bond motifs is 1. The lowest BCUT2D eigenvalue weighted by Gasteiger charge is -2.18. The standard InChI is InChI=1S/C19H22N2O4/c1-3-16(21-14-5-4-6-15(10-14)23-2)19(22)20-11-13-7-8-17-18(9-13)25-12-24-17/h4-10,16,21H,3,11-12H2,1-2H3,(H,20,22). The summed E-state index contributed by atoms with van der Waals surface area (Å²) < 4.78 is 15.9. The van der Waals surface area contributed by atoms with Crippen molar-refractivity contribution in [3.8, 4) is 17.2 Å². The lowest BCUT2D eigenvalue weighted by molar-refractivity contribution is -0.122. The first kappa shape index (κ1) is 17.0. The Balaban J connectivity index is 1.58. The highest BCUT2D eigenvalue weighted by Crippen LogP contribution is 2.32. The van der Waals surface area contributed by atoms with Gasteiger partial charge in [0.1, 0.15) is 11.8 Å². The molecule has 0 saturated carbocycles. The summed E-state index contributed by atoms with van der Waals surface area (Å²) in [5, 5.41) is 6.21. The van der Waals surface area contributed by atoms with Crippen molar-refractivity contribution in [3.05, 3.63) is 48.0 Å². The minimum absolute atomic E-state index is 0.0528. The summed E-state index contributed by atoms with van der Waals surface area (Å²) in [5.74, 6) is 2.15. The number of anilines is 1. The number of hydrogen-bond acceptors (Lipinski definition) is 5. The van der Waals surface area contributed by atoms with Crippen LogP contribution in [0, 0.1) is 0 Å². The molecule has 25 heavy (non-hydrogen) atoms. The zero-order valence-corrected chi connectivity index (χ0v) is 14.4. The second-order valence-electron chi connectivity index (χ2n) is 5.74. The third kappa shape index (κ3) is 4.15. The number of rotatable bonds is 7. The Labute approximate surface area is 147 Å². The average Bonchev–Trinajstić information content (AvgIpc) is 3.12. The van der Waals surface area contributed by atoms with Gasteiger partial charge in [0.2, 0.25) is 12.7 Å². The fraction of sp³-hybridized carbons (Fsp3) is 0.316. The van der Waals surface area contributed by atoms with E-state index in [1.807, 2.05) is 49.4 Å². The van der Waals surface area contributed by atoms with Crippen LogP contribution in [0.1, 0.15) is 18.9 Å². The van der Waals surface area contributed by atoms with E-state index < -0.39 is 0 Å². The number of nitrogens with one attached hydrogen (secondary N) is 2. The molecule has 1 unspecified atom stereocenters. The van der Waals surface area contributed by atoms with Crippen molar-refractivity contribution in [2.75, 3.05) is 19.2 Å². The molecule has 2 N–H and O–H groups in total. The van der Waals surface area contributed by atoms with Crippen LogP contribution >= 0.6 is 0 Å². The van der Waals surface area contributed by atoms with Gasteiger partial charge >= 0.3 is 0 Å². The maximum Gasteiger partial charge on any atom is 0.242 e. The molecule has 0 aromatic heterocycles. The Hall–Kier alpha value is -2.89. The Morgan fingerprint density at radius 1 is 1.20 bits per heavy atom. The van der Waals surface area contributed by atoms with Crippen LogP contribution in [0.3, 0.4) is 0 Å². The number of benzene rings is 2. The molecular formula is C19H22N2O4. The lowest BCUT2D eigenvalue weighted by Crippen LogP contribution is -2.38. The van der Waals surface area contributed by atoms with Gasteiger partial charge in [0, 0.05) is 18.3 Å². The maximum absolute atomic E-state index is 12.5. The van der Waals surface area contributed by atoms with Crippen molar-refractivity contribution in [2.45, 2.75) is 25.9 Å². The number of carbonyl (C=O) groups is 1. The molecule has 0 saturated heterocycles. The first-order valence-corrected chi connectivity index (χ1v) is 8.26. The van der Waals surface area contributed by atoms with Crippen LogP contribution < -0.4 is 24.8 Å². The van der Waals surface area contributed by atoms with Gasteiger partial charge in [-0.25, -0.2) is 0 Å². The van der Waals surface area contributed by atoms with Crippen LogP contribution in [0.4, 0.5) is 5.69 Å². The highest BCUT2D eigenvalue weighted by molar-refractivity contribution is 5.84. The van der Waals surface area contributed by atoms with E-state index in [1.165, 1.54) is 0 Å². The van der Waals surface area contributed by atoms with E-state index in [-0.39, 0.29) is 18.7 Å². The number of methoxy groups -OCH3 is 1. The van der Waals surface area contributed by atoms with Crippen molar-refractivity contribution >= 4 is 11.6 Å². The SMILES string of the molecule is CCC(Nc1cccc(OC)c1)C(=O)NCc1ccc2c(c1)OCO2. The second kappa shape index (κ2) is 7.79. The Kier molecular flexibility index (Phi) is 5.28. The zero-order chi connectivity index (χ0) is 17.6. The van der Waals surface area contributed by atoms with Gasteiger partial charge in [0.25, 0.3) is 0 Å². The lowest BCUT2D eigenvalue weighted by atomic mass is 10.1. The first-order valence-electron chi connectivity index (χ1n) is 8.26. The summed E-state index contributed by atoms with van der Waals surface area (Å²) in [5.41, 5.74) is 1.82. The van der Waals surface area contributed by atoms with Crippen LogP contribution in [-0.4, -0.2) is 25.9 Å². The molecule has 1 amide bonds. The molecule has 2 aromatic rings. The van der Waals surface area contributed by atoms with Crippen molar-refractivity contribution in [3.63, 3.8) is 0 Å². The van der Waals surface area contributed by atoms with Crippen molar-refractivity contribution < 1.29 is 19.0 Å². The van der Waals surface area contributed by atoms with Gasteiger partial charge in [-0.3, -0.25) is 4.79 Å². The summed E-state index contributed by atoms with van der Waals surface area (Å²) in [6.07, 6.45) is 0.671. The van der Waals surface area contributed by atoms with E-state index in [4.69, 9.17) is 14.2 Å². The van der Waals surface area contributed by atoms with Gasteiger partial charge in [-0.05, 0) is 36.2 Å². The molecule has 1 aliphatic rings. The molecule has 1 aliphatic heterocycles. The number of carbonyl (C=O) groups excluding carboxylic acids is 1. The molecular weight excluding hydrogens is 320 g/mol. The van der Waals surface area contributed by atoms with E-state index >= 15 is 0 Å². The number of ether oxygens (including phenoxy) is 3. The molecule has 132 valence electrons. The molecule has 1 atom stereocenters. The van der Waals surface area contributed by atoms with Crippen molar-refractivity contribution in [1.29, 1.82) is 0 Å². The largest absolute Gasteiger partial charge is 0.497 e. The van der Waals surface area contributed by atoms with Gasteiger partial charge in [-0.1, -0.05) is 19.1 Å². The van der Waals surface area contributed by atoms with E-state index in [0.717, 1.165) is 22.7 Å². The van der Waals surface area contributed by atoms with E-state index in [9.17, 15) is 4.79 Å². The van der Waals surface area contributed by atoms with Gasteiger partial charge in [0.15, 0.2) is 11.5 Å². The van der Waals surface area contributed by atoms with Crippen LogP contribution in [0.2, 0.25) is 0 Å². The third-order valence-corrected chi connectivity index (χ3v) is 4.04. The molecule has 0 fully saturated rings. The molecule has 0 bridgehead atoms. The molecule has 3 rings (SSSR count). The zero-order valence-electron chi connectivity index (χ0n) is 14.4. The number of hydrogen-bond donors (Lipinski definition) is 2. The molecule has 1 heterocycles. The Morgan fingerprint density at radius 3 is 2.84 bits per heavy atom. The molecule has 0 radical (unpaired) electrons. The minimum atomic E-state index is -0.318. The summed E-state index contributed by atoms with van der Waals surface area (Å²) >= 11 is 0. The Morgan fingerprint density at radius 2 is 2.04 bits per heavy atom. The molecule has 6 nitrogen and oxygen atoms in total. The van der Waals surface area contributed by atoms with Crippen LogP contribution in [0.25, 0.3) is 0 Å². The number of amides is 1. The average molecular weight is 342 g/mol. The maximum atomic E-state index is 12.5. The third-order valence-electron chi connectivity index (χ3n) is 4.04. The van der Waals surface area contributed by atoms with Crippen LogP contribution in [0.15, 0.2) is 42.5 Å². The first-order chi connectivity index (χ1) is 12.2. The summed E-state index contributed by atoms with van der Waals surface area (Å²) in [6, 6.07) is 12.9. The fourth-order valence-corrected chi connectivity index (χ4v) is 2.63. The smallest absolute Gasteiger partial charge is 0.242 e. The summed E-state index contributed by atoms with van der Waals surface area (Å²) in [7, 11) is 1.62. The van der Waals surface area contributed by atoms with Crippen molar-refractivity contribution in [1.82, 2.24) is 5.32 Å². The second-order valence-corrected chi connectivity index (χ2v) is 5.74. The van der Waals surface area contributed by atoms with Crippen molar-refractivity contribution in [2.24, 2.45) is 0 Å². The molecule has 6 heteroatoms. The minimum Gasteiger partial charge on any atom is -0.497 e. The van der Waals surface area contributed by atoms with E-state index in [2.05, 4.69) is 10.6 Å². The summed E-state index contributed by atoms with van der Waals surface area (Å²) in [4.78, 5) is 12.5. The predicted molar refractivity (Wildman–Crippen MR) is 95.1 cm³/mol. The van der Waals surface area contributed by atoms with Gasteiger partial charge in [-0.15, -0.1) is 0 Å². The monoisotopic (exact) mass is 342 g/mol. The van der Waals surface area contributed by atoms with E-state index in [0.29, 0.717) is 18.7 Å². The normalized spacial score (nSPS) is 13.2. The summed E-state index contributed by atoms with van der Waals surface area (Å²) in [6.45, 7) is 2.65. The fourth-order valence-electron chi connectivity index (χ4n) is 2.63. The highest BCUT2D eigenvalue weighted by atomic mass is 16.7. The van der Waals surface area contributed by atoms with Gasteiger partial charge < -0.3 is 24.8 Å². The quantitative estimate of drug-likeness (QED) is 0.810. The topological polar surface area (TPSA) is 68.8 Å². The van der Waals surface area contributed by atoms with Gasteiger partial charge in [0.05, 0.1) is 7.11 Å². The molecule has 2 aromatic carbocycles. The molecule has 0 spiro atoms. The highest BCUT2D eigenvalue weighted by Gasteiger charge is 2.17. The Bertz CT molecular complexity index is 748. The molecule has 0 aliphatic carbocycles. The van der Waals surface area contributed by atoms with Crippen LogP contribution in [-0.2, 0) is 11.3 Å². The van der Waals surface area contributed by atoms with E-state index in [1.54, 1.807) is 7.11 Å². The van der Waals surface area contributed by atoms with Crippen LogP contribution in [0.5, 0.6) is 17.2 Å². The predicted octanol–water partition coefficient (Wildman–Crippen LogP) is 2.93.